The molecule has 0 bridgehead atoms. The second-order valence-corrected chi connectivity index (χ2v) is 6.41. The molecule has 0 radical (unpaired) electrons. The highest BCUT2D eigenvalue weighted by Gasteiger charge is 2.25. The van der Waals surface area contributed by atoms with Crippen molar-refractivity contribution in [2.24, 2.45) is 4.99 Å². The molecule has 1 heterocycles. The van der Waals surface area contributed by atoms with Gasteiger partial charge >= 0.3 is 5.97 Å². The molecular weight excluding hydrogens is 348 g/mol. The van der Waals surface area contributed by atoms with E-state index in [4.69, 9.17) is 16.6 Å². The third kappa shape index (κ3) is 2.95. The molecule has 0 spiro atoms. The maximum atomic E-state index is 11.6. The van der Waals surface area contributed by atoms with Gasteiger partial charge in [0.05, 0.1) is 11.3 Å². The Labute approximate surface area is 155 Å². The van der Waals surface area contributed by atoms with E-state index in [1.54, 1.807) is 18.2 Å². The fourth-order valence-corrected chi connectivity index (χ4v) is 3.29. The molecular formula is C21H15ClN2O2. The minimum Gasteiger partial charge on any atom is -0.478 e. The van der Waals surface area contributed by atoms with Gasteiger partial charge in [0, 0.05) is 27.4 Å². The highest BCUT2D eigenvalue weighted by molar-refractivity contribution is 6.31. The van der Waals surface area contributed by atoms with Crippen LogP contribution in [0.2, 0.25) is 5.02 Å². The number of benzene rings is 3. The van der Waals surface area contributed by atoms with Crippen LogP contribution >= 0.6 is 11.6 Å². The first-order valence-corrected chi connectivity index (χ1v) is 8.53. The van der Waals surface area contributed by atoms with Gasteiger partial charge in [-0.25, -0.2) is 4.79 Å². The van der Waals surface area contributed by atoms with Gasteiger partial charge in [-0.05, 0) is 24.3 Å². The summed E-state index contributed by atoms with van der Waals surface area (Å²) in [6, 6.07) is 22.3. The van der Waals surface area contributed by atoms with Crippen molar-refractivity contribution in [3.05, 3.63) is 100 Å². The standard InChI is InChI=1S/C21H15ClN2O2/c22-14-10-11-18-17(12-14)19(13-6-2-1-3-7-13)24-20(23-18)15-8-4-5-9-16(15)21(25)26/h1-12,20,23H,(H,25,26). The number of nitrogens with zero attached hydrogens (tertiary/aromatic N) is 1. The van der Waals surface area contributed by atoms with Gasteiger partial charge in [-0.2, -0.15) is 0 Å². The number of aliphatic imine (C=N–C) groups is 1. The smallest absolute Gasteiger partial charge is 0.336 e. The van der Waals surface area contributed by atoms with Gasteiger partial charge in [0.25, 0.3) is 0 Å². The lowest BCUT2D eigenvalue weighted by Gasteiger charge is -2.27. The van der Waals surface area contributed by atoms with Gasteiger partial charge in [0.1, 0.15) is 6.17 Å². The molecule has 0 saturated heterocycles. The Morgan fingerprint density at radius 3 is 2.50 bits per heavy atom. The molecule has 1 unspecified atom stereocenters. The molecule has 1 atom stereocenters. The first kappa shape index (κ1) is 16.4. The van der Waals surface area contributed by atoms with Gasteiger partial charge in [-0.1, -0.05) is 60.1 Å². The van der Waals surface area contributed by atoms with E-state index in [2.05, 4.69) is 5.32 Å². The largest absolute Gasteiger partial charge is 0.478 e. The van der Waals surface area contributed by atoms with Crippen LogP contribution in [0.15, 0.2) is 77.8 Å². The van der Waals surface area contributed by atoms with Crippen molar-refractivity contribution in [1.82, 2.24) is 0 Å². The van der Waals surface area contributed by atoms with Gasteiger partial charge < -0.3 is 10.4 Å². The van der Waals surface area contributed by atoms with Crippen LogP contribution in [-0.4, -0.2) is 16.8 Å². The fourth-order valence-electron chi connectivity index (χ4n) is 3.12. The van der Waals surface area contributed by atoms with Crippen molar-refractivity contribution in [3.8, 4) is 0 Å². The average molecular weight is 363 g/mol. The van der Waals surface area contributed by atoms with E-state index in [1.165, 1.54) is 0 Å². The van der Waals surface area contributed by atoms with Gasteiger partial charge in [-0.15, -0.1) is 0 Å². The normalized spacial score (nSPS) is 15.6. The van der Waals surface area contributed by atoms with Crippen molar-refractivity contribution in [2.75, 3.05) is 5.32 Å². The van der Waals surface area contributed by atoms with E-state index in [0.717, 1.165) is 22.5 Å². The molecule has 26 heavy (non-hydrogen) atoms. The topological polar surface area (TPSA) is 61.7 Å². The summed E-state index contributed by atoms with van der Waals surface area (Å²) in [5.41, 5.74) is 4.36. The molecule has 3 aromatic rings. The molecule has 3 aromatic carbocycles. The van der Waals surface area contributed by atoms with E-state index >= 15 is 0 Å². The summed E-state index contributed by atoms with van der Waals surface area (Å²) in [7, 11) is 0. The minimum atomic E-state index is -0.972. The van der Waals surface area contributed by atoms with Crippen LogP contribution in [0.4, 0.5) is 5.69 Å². The van der Waals surface area contributed by atoms with Crippen LogP contribution in [0.5, 0.6) is 0 Å². The summed E-state index contributed by atoms with van der Waals surface area (Å²) in [6.45, 7) is 0. The van der Waals surface area contributed by atoms with Crippen molar-refractivity contribution in [3.63, 3.8) is 0 Å². The third-order valence-electron chi connectivity index (χ3n) is 4.32. The van der Waals surface area contributed by atoms with Crippen molar-refractivity contribution in [2.45, 2.75) is 6.17 Å². The van der Waals surface area contributed by atoms with Crippen LogP contribution in [0.3, 0.4) is 0 Å². The molecule has 128 valence electrons. The Bertz CT molecular complexity index is 1020. The second-order valence-electron chi connectivity index (χ2n) is 5.97. The number of carbonyl (C=O) groups is 1. The molecule has 4 nitrogen and oxygen atoms in total. The van der Waals surface area contributed by atoms with E-state index in [0.29, 0.717) is 10.6 Å². The maximum absolute atomic E-state index is 11.6. The number of anilines is 1. The number of hydrogen-bond acceptors (Lipinski definition) is 3. The molecule has 1 aliphatic heterocycles. The van der Waals surface area contributed by atoms with Crippen molar-refractivity contribution >= 4 is 29.0 Å². The minimum absolute atomic E-state index is 0.235. The Morgan fingerprint density at radius 2 is 1.73 bits per heavy atom. The first-order valence-electron chi connectivity index (χ1n) is 8.15. The van der Waals surface area contributed by atoms with Crippen molar-refractivity contribution in [1.29, 1.82) is 0 Å². The molecule has 0 aromatic heterocycles. The Morgan fingerprint density at radius 1 is 1.00 bits per heavy atom. The SMILES string of the molecule is O=C(O)c1ccccc1C1N=C(c2ccccc2)c2cc(Cl)ccc2N1. The monoisotopic (exact) mass is 362 g/mol. The van der Waals surface area contributed by atoms with Crippen LogP contribution in [0.1, 0.15) is 33.2 Å². The summed E-state index contributed by atoms with van der Waals surface area (Å²) < 4.78 is 0. The number of rotatable bonds is 3. The molecule has 0 aliphatic carbocycles. The zero-order chi connectivity index (χ0) is 18.1. The van der Waals surface area contributed by atoms with E-state index in [1.807, 2.05) is 54.6 Å². The fraction of sp³-hybridized carbons (Fsp3) is 0.0476. The van der Waals surface area contributed by atoms with Crippen molar-refractivity contribution < 1.29 is 9.90 Å². The highest BCUT2D eigenvalue weighted by atomic mass is 35.5. The van der Waals surface area contributed by atoms with Gasteiger partial charge in [0.15, 0.2) is 0 Å². The highest BCUT2D eigenvalue weighted by Crippen LogP contribution is 2.34. The number of nitrogens with one attached hydrogen (secondary N) is 1. The second kappa shape index (κ2) is 6.65. The van der Waals surface area contributed by atoms with E-state index in [9.17, 15) is 9.90 Å². The molecule has 0 amide bonds. The molecule has 2 N–H and O–H groups in total. The van der Waals surface area contributed by atoms with Gasteiger partial charge in [-0.3, -0.25) is 4.99 Å². The zero-order valence-electron chi connectivity index (χ0n) is 13.7. The number of halogens is 1. The summed E-state index contributed by atoms with van der Waals surface area (Å²) in [5.74, 6) is -0.972. The quantitative estimate of drug-likeness (QED) is 0.689. The van der Waals surface area contributed by atoms with Crippen LogP contribution in [0.25, 0.3) is 0 Å². The maximum Gasteiger partial charge on any atom is 0.336 e. The van der Waals surface area contributed by atoms with Crippen LogP contribution in [0, 0.1) is 0 Å². The summed E-state index contributed by atoms with van der Waals surface area (Å²) in [5, 5.41) is 13.5. The summed E-state index contributed by atoms with van der Waals surface area (Å²) >= 11 is 6.19. The van der Waals surface area contributed by atoms with E-state index in [-0.39, 0.29) is 5.56 Å². The average Bonchev–Trinajstić information content (AvgIpc) is 2.68. The molecule has 0 saturated carbocycles. The Balaban J connectivity index is 1.90. The lowest BCUT2D eigenvalue weighted by atomic mass is 9.96. The number of carboxylic acid groups (broad SMARTS) is 1. The molecule has 1 aliphatic rings. The van der Waals surface area contributed by atoms with Gasteiger partial charge in [0.2, 0.25) is 0 Å². The lowest BCUT2D eigenvalue weighted by Crippen LogP contribution is -2.22. The summed E-state index contributed by atoms with van der Waals surface area (Å²) in [4.78, 5) is 16.4. The summed E-state index contributed by atoms with van der Waals surface area (Å²) in [6.07, 6.45) is -0.494. The number of hydrogen-bond donors (Lipinski definition) is 2. The number of fused-ring (bicyclic) bond motifs is 1. The van der Waals surface area contributed by atoms with Crippen LogP contribution in [-0.2, 0) is 0 Å². The molecule has 4 rings (SSSR count). The lowest BCUT2D eigenvalue weighted by molar-refractivity contribution is 0.0695. The molecule has 0 fully saturated rings. The molecule has 5 heteroatoms. The zero-order valence-corrected chi connectivity index (χ0v) is 14.4. The Hall–Kier alpha value is -3.11. The third-order valence-corrected chi connectivity index (χ3v) is 4.56. The first-order chi connectivity index (χ1) is 12.6. The predicted octanol–water partition coefficient (Wildman–Crippen LogP) is 5.00. The number of carboxylic acids is 1. The Kier molecular flexibility index (Phi) is 4.19. The van der Waals surface area contributed by atoms with E-state index < -0.39 is 12.1 Å². The predicted molar refractivity (Wildman–Crippen MR) is 103 cm³/mol. The number of aromatic carboxylic acids is 1. The van der Waals surface area contributed by atoms with Crippen LogP contribution < -0.4 is 5.32 Å².